The van der Waals surface area contributed by atoms with Gasteiger partial charge in [-0.05, 0) is 50.1 Å². The first-order chi connectivity index (χ1) is 13.7. The van der Waals surface area contributed by atoms with Gasteiger partial charge in [-0.25, -0.2) is 13.1 Å². The van der Waals surface area contributed by atoms with Crippen molar-refractivity contribution < 1.29 is 17.9 Å². The summed E-state index contributed by atoms with van der Waals surface area (Å²) in [5.41, 5.74) is 6.66. The van der Waals surface area contributed by atoms with E-state index in [9.17, 15) is 13.4 Å². The number of nitrogens with one attached hydrogen (secondary N) is 2. The van der Waals surface area contributed by atoms with Crippen LogP contribution in [-0.4, -0.2) is 33.8 Å². The Morgan fingerprint density at radius 3 is 2.34 bits per heavy atom. The van der Waals surface area contributed by atoms with Crippen molar-refractivity contribution in [2.75, 3.05) is 10.6 Å². The molecule has 0 saturated heterocycles. The second-order valence-corrected chi connectivity index (χ2v) is 7.67. The minimum absolute atomic E-state index is 0.157. The molecule has 8 heteroatoms. The SMILES string of the molecule is CC1=CC(C)=[N+](B(F)F)/C1=C(/c1ccc(NC(=O)CBr)cc1)c1[nH]c(C)cc1C. The molecule has 1 aliphatic rings. The van der Waals surface area contributed by atoms with Gasteiger partial charge in [0, 0.05) is 30.0 Å². The third kappa shape index (κ3) is 4.27. The molecule has 2 aromatic rings. The molecule has 2 N–H and O–H groups in total. The highest BCUT2D eigenvalue weighted by Gasteiger charge is 2.44. The fourth-order valence-corrected chi connectivity index (χ4v) is 3.83. The van der Waals surface area contributed by atoms with Crippen molar-refractivity contribution in [3.05, 3.63) is 70.2 Å². The number of aromatic nitrogens is 1. The molecular formula is C21H22BBrF2N3O+. The molecule has 29 heavy (non-hydrogen) atoms. The Balaban J connectivity index is 2.22. The number of halogens is 3. The number of carbonyl (C=O) groups is 1. The number of benzene rings is 1. The summed E-state index contributed by atoms with van der Waals surface area (Å²) in [5, 5.41) is 2.97. The van der Waals surface area contributed by atoms with Crippen molar-refractivity contribution in [1.82, 2.24) is 4.98 Å². The number of alkyl halides is 1. The van der Waals surface area contributed by atoms with Crippen LogP contribution in [0.2, 0.25) is 0 Å². The van der Waals surface area contributed by atoms with Gasteiger partial charge in [-0.1, -0.05) is 28.1 Å². The van der Waals surface area contributed by atoms with Gasteiger partial charge < -0.3 is 10.3 Å². The topological polar surface area (TPSA) is 47.9 Å². The van der Waals surface area contributed by atoms with Crippen LogP contribution in [0.1, 0.15) is 36.4 Å². The van der Waals surface area contributed by atoms with E-state index in [1.807, 2.05) is 39.0 Å². The molecule has 0 fully saturated rings. The van der Waals surface area contributed by atoms with Crippen LogP contribution in [0.15, 0.2) is 47.7 Å². The number of H-pyrrole nitrogens is 1. The molecule has 1 aliphatic heterocycles. The summed E-state index contributed by atoms with van der Waals surface area (Å²) in [6.45, 7) is 7.43. The molecule has 3 rings (SSSR count). The number of aromatic amines is 1. The lowest BCUT2D eigenvalue weighted by Gasteiger charge is -2.13. The first-order valence-electron chi connectivity index (χ1n) is 9.19. The van der Waals surface area contributed by atoms with E-state index in [1.165, 1.54) is 0 Å². The normalized spacial score (nSPS) is 15.5. The van der Waals surface area contributed by atoms with Gasteiger partial charge in [0.1, 0.15) is 0 Å². The Labute approximate surface area is 177 Å². The maximum atomic E-state index is 13.9. The van der Waals surface area contributed by atoms with Gasteiger partial charge in [-0.15, -0.1) is 0 Å². The predicted octanol–water partition coefficient (Wildman–Crippen LogP) is 5.08. The van der Waals surface area contributed by atoms with E-state index in [4.69, 9.17) is 0 Å². The van der Waals surface area contributed by atoms with Gasteiger partial charge in [-0.2, -0.15) is 0 Å². The van der Waals surface area contributed by atoms with E-state index in [1.54, 1.807) is 25.1 Å². The van der Waals surface area contributed by atoms with Crippen molar-refractivity contribution in [2.45, 2.75) is 27.7 Å². The Bertz CT molecular complexity index is 1050. The second-order valence-electron chi connectivity index (χ2n) is 7.11. The number of aryl methyl sites for hydroxylation is 2. The van der Waals surface area contributed by atoms with Crippen LogP contribution < -0.4 is 5.32 Å². The number of amides is 1. The molecule has 1 aromatic heterocycles. The van der Waals surface area contributed by atoms with Gasteiger partial charge in [0.25, 0.3) is 0 Å². The molecule has 150 valence electrons. The van der Waals surface area contributed by atoms with Crippen molar-refractivity contribution in [1.29, 1.82) is 0 Å². The third-order valence-electron chi connectivity index (χ3n) is 4.83. The number of carbonyl (C=O) groups excluding carboxylic acids is 1. The predicted molar refractivity (Wildman–Crippen MR) is 118 cm³/mol. The summed E-state index contributed by atoms with van der Waals surface area (Å²) >= 11 is 3.12. The van der Waals surface area contributed by atoms with Crippen LogP contribution in [0.4, 0.5) is 14.3 Å². The van der Waals surface area contributed by atoms with Gasteiger partial charge in [-0.3, -0.25) is 4.79 Å². The number of rotatable bonds is 5. The van der Waals surface area contributed by atoms with Crippen LogP contribution >= 0.6 is 15.9 Å². The maximum absolute atomic E-state index is 13.9. The van der Waals surface area contributed by atoms with E-state index in [-0.39, 0.29) is 11.2 Å². The van der Waals surface area contributed by atoms with E-state index < -0.39 is 7.40 Å². The highest BCUT2D eigenvalue weighted by atomic mass is 79.9. The molecule has 0 spiro atoms. The molecule has 0 aliphatic carbocycles. The summed E-state index contributed by atoms with van der Waals surface area (Å²) in [4.78, 5) is 14.9. The summed E-state index contributed by atoms with van der Waals surface area (Å²) in [5.74, 6) is -0.157. The Morgan fingerprint density at radius 1 is 1.17 bits per heavy atom. The quantitative estimate of drug-likeness (QED) is 0.474. The smallest absolute Gasteiger partial charge is 0.358 e. The zero-order chi connectivity index (χ0) is 21.3. The van der Waals surface area contributed by atoms with E-state index in [0.29, 0.717) is 22.7 Å². The average molecular weight is 461 g/mol. The van der Waals surface area contributed by atoms with Crippen LogP contribution in [0.25, 0.3) is 5.57 Å². The first-order valence-corrected chi connectivity index (χ1v) is 10.3. The van der Waals surface area contributed by atoms with Gasteiger partial charge in [0.2, 0.25) is 5.91 Å². The Hall–Kier alpha value is -2.48. The van der Waals surface area contributed by atoms with Crippen LogP contribution in [0.5, 0.6) is 0 Å². The zero-order valence-corrected chi connectivity index (χ0v) is 18.3. The Morgan fingerprint density at radius 2 is 1.83 bits per heavy atom. The third-order valence-corrected chi connectivity index (χ3v) is 5.34. The van der Waals surface area contributed by atoms with Crippen LogP contribution in [0.3, 0.4) is 0 Å². The summed E-state index contributed by atoms with van der Waals surface area (Å²) < 4.78 is 28.9. The highest BCUT2D eigenvalue weighted by molar-refractivity contribution is 9.09. The number of hydrogen-bond acceptors (Lipinski definition) is 1. The second kappa shape index (κ2) is 8.49. The minimum Gasteiger partial charge on any atom is -0.358 e. The molecule has 1 amide bonds. The lowest BCUT2D eigenvalue weighted by Crippen LogP contribution is -2.25. The molecule has 0 saturated carbocycles. The maximum Gasteiger partial charge on any atom is 0.934 e. The average Bonchev–Trinajstić information content (AvgIpc) is 3.14. The molecule has 0 atom stereocenters. The van der Waals surface area contributed by atoms with Crippen LogP contribution in [-0.2, 0) is 4.79 Å². The molecular weight excluding hydrogens is 439 g/mol. The summed E-state index contributed by atoms with van der Waals surface area (Å²) in [6.07, 6.45) is 1.78. The fraction of sp³-hybridized carbons (Fsp3) is 0.238. The molecule has 2 heterocycles. The molecule has 0 radical (unpaired) electrons. The molecule has 0 unspecified atom stereocenters. The van der Waals surface area contributed by atoms with Crippen molar-refractivity contribution in [2.24, 2.45) is 0 Å². The summed E-state index contributed by atoms with van der Waals surface area (Å²) in [7, 11) is -2.65. The number of nitrogens with zero attached hydrogens (tertiary/aromatic N) is 1. The lowest BCUT2D eigenvalue weighted by molar-refractivity contribution is -0.343. The zero-order valence-electron chi connectivity index (χ0n) is 16.7. The fourth-order valence-electron chi connectivity index (χ4n) is 3.69. The van der Waals surface area contributed by atoms with Gasteiger partial charge in [0.15, 0.2) is 11.4 Å². The monoisotopic (exact) mass is 460 g/mol. The first kappa shape index (κ1) is 21.2. The standard InChI is InChI=1S/C21H21BBrF2N3O/c1-12-9-14(3)26-20(12)19(21-13(2)10-15(4)28(21)22(24)25)16-5-7-17(8-6-16)27-18(29)11-23/h5-10H,11H2,1-4H3,(H,26,27,29)/p+1. The van der Waals surface area contributed by atoms with Gasteiger partial charge >= 0.3 is 7.40 Å². The molecule has 0 bridgehead atoms. The van der Waals surface area contributed by atoms with Crippen molar-refractivity contribution >= 4 is 46.2 Å². The molecule has 4 nitrogen and oxygen atoms in total. The highest BCUT2D eigenvalue weighted by Crippen LogP contribution is 2.35. The van der Waals surface area contributed by atoms with E-state index in [2.05, 4.69) is 26.2 Å². The number of hydrogen-bond donors (Lipinski definition) is 2. The summed E-state index contributed by atoms with van der Waals surface area (Å²) in [6, 6.07) is 9.23. The molecule has 1 aromatic carbocycles. The lowest BCUT2D eigenvalue weighted by atomic mass is 9.94. The largest absolute Gasteiger partial charge is 0.934 e. The van der Waals surface area contributed by atoms with Crippen molar-refractivity contribution in [3.8, 4) is 0 Å². The Kier molecular flexibility index (Phi) is 6.22. The van der Waals surface area contributed by atoms with Gasteiger partial charge in [0.05, 0.1) is 16.6 Å². The van der Waals surface area contributed by atoms with E-state index >= 15 is 0 Å². The number of allylic oxidation sites excluding steroid dienone is 2. The van der Waals surface area contributed by atoms with E-state index in [0.717, 1.165) is 32.6 Å². The minimum atomic E-state index is -2.65. The van der Waals surface area contributed by atoms with Crippen molar-refractivity contribution in [3.63, 3.8) is 0 Å². The number of anilines is 1. The van der Waals surface area contributed by atoms with Crippen LogP contribution in [0, 0.1) is 13.8 Å².